The third-order valence-electron chi connectivity index (χ3n) is 2.49. The van der Waals surface area contributed by atoms with Gasteiger partial charge in [-0.3, -0.25) is 0 Å². The van der Waals surface area contributed by atoms with Crippen molar-refractivity contribution in [3.63, 3.8) is 0 Å². The SMILES string of the molecule is O[C@H](C#Cc1ccccc1)/C(Cl)=C\c1ccccc1. The summed E-state index contributed by atoms with van der Waals surface area (Å²) in [6.45, 7) is 0. The molecule has 2 heteroatoms. The topological polar surface area (TPSA) is 20.2 Å². The fourth-order valence-electron chi connectivity index (χ4n) is 1.53. The summed E-state index contributed by atoms with van der Waals surface area (Å²) in [4.78, 5) is 0. The van der Waals surface area contributed by atoms with E-state index in [0.29, 0.717) is 5.03 Å². The Morgan fingerprint density at radius 1 is 1.00 bits per heavy atom. The van der Waals surface area contributed by atoms with E-state index in [1.165, 1.54) is 0 Å². The minimum atomic E-state index is -0.970. The highest BCUT2D eigenvalue weighted by molar-refractivity contribution is 6.32. The normalized spacial score (nSPS) is 12.4. The largest absolute Gasteiger partial charge is 0.375 e. The zero-order valence-electron chi connectivity index (χ0n) is 10.3. The van der Waals surface area contributed by atoms with Crippen molar-refractivity contribution in [1.29, 1.82) is 0 Å². The first-order valence-corrected chi connectivity index (χ1v) is 6.30. The van der Waals surface area contributed by atoms with Crippen molar-refractivity contribution in [2.75, 3.05) is 0 Å². The van der Waals surface area contributed by atoms with Crippen molar-refractivity contribution in [1.82, 2.24) is 0 Å². The molecule has 0 aliphatic carbocycles. The average molecular weight is 269 g/mol. The van der Waals surface area contributed by atoms with Crippen LogP contribution in [0.4, 0.5) is 0 Å². The lowest BCUT2D eigenvalue weighted by atomic mass is 10.1. The highest BCUT2D eigenvalue weighted by Crippen LogP contribution is 2.13. The molecule has 0 fully saturated rings. The molecule has 0 heterocycles. The summed E-state index contributed by atoms with van der Waals surface area (Å²) in [6.07, 6.45) is 0.744. The van der Waals surface area contributed by atoms with Gasteiger partial charge in [-0.15, -0.1) is 0 Å². The Morgan fingerprint density at radius 3 is 2.21 bits per heavy atom. The number of aliphatic hydroxyl groups is 1. The quantitative estimate of drug-likeness (QED) is 0.824. The summed E-state index contributed by atoms with van der Waals surface area (Å²) in [6, 6.07) is 19.1. The highest BCUT2D eigenvalue weighted by Gasteiger charge is 2.04. The van der Waals surface area contributed by atoms with Crippen LogP contribution < -0.4 is 0 Å². The van der Waals surface area contributed by atoms with E-state index in [4.69, 9.17) is 11.6 Å². The average Bonchev–Trinajstić information content (AvgIpc) is 2.47. The van der Waals surface area contributed by atoms with Gasteiger partial charge >= 0.3 is 0 Å². The molecule has 0 amide bonds. The van der Waals surface area contributed by atoms with E-state index < -0.39 is 6.10 Å². The molecule has 0 radical (unpaired) electrons. The Balaban J connectivity index is 2.10. The maximum absolute atomic E-state index is 9.87. The lowest BCUT2D eigenvalue weighted by Crippen LogP contribution is -2.02. The summed E-state index contributed by atoms with van der Waals surface area (Å²) < 4.78 is 0. The molecular weight excluding hydrogens is 256 g/mol. The van der Waals surface area contributed by atoms with Crippen LogP contribution in [0.2, 0.25) is 0 Å². The predicted molar refractivity (Wildman–Crippen MR) is 79.6 cm³/mol. The Labute approximate surface area is 118 Å². The molecule has 1 N–H and O–H groups in total. The zero-order valence-corrected chi connectivity index (χ0v) is 11.0. The Bertz CT molecular complexity index is 606. The van der Waals surface area contributed by atoms with Gasteiger partial charge in [0.1, 0.15) is 0 Å². The van der Waals surface area contributed by atoms with E-state index in [1.807, 2.05) is 60.7 Å². The Morgan fingerprint density at radius 2 is 1.58 bits per heavy atom. The maximum Gasteiger partial charge on any atom is 0.151 e. The molecule has 0 aromatic heterocycles. The summed E-state index contributed by atoms with van der Waals surface area (Å²) in [5, 5.41) is 10.2. The van der Waals surface area contributed by atoms with Gasteiger partial charge in [0.15, 0.2) is 6.10 Å². The summed E-state index contributed by atoms with van der Waals surface area (Å²) >= 11 is 6.04. The maximum atomic E-state index is 9.87. The number of hydrogen-bond donors (Lipinski definition) is 1. The van der Waals surface area contributed by atoms with Crippen molar-refractivity contribution in [2.24, 2.45) is 0 Å². The molecule has 0 aliphatic rings. The number of hydrogen-bond acceptors (Lipinski definition) is 1. The summed E-state index contributed by atoms with van der Waals surface area (Å²) in [5.74, 6) is 5.61. The van der Waals surface area contributed by atoms with E-state index in [2.05, 4.69) is 11.8 Å². The number of aliphatic hydroxyl groups excluding tert-OH is 1. The van der Waals surface area contributed by atoms with Crippen LogP contribution in [0, 0.1) is 11.8 Å². The van der Waals surface area contributed by atoms with E-state index in [1.54, 1.807) is 6.08 Å². The molecule has 2 aromatic rings. The number of halogens is 1. The molecule has 0 spiro atoms. The zero-order chi connectivity index (χ0) is 13.5. The first kappa shape index (κ1) is 13.4. The van der Waals surface area contributed by atoms with Gasteiger partial charge in [0, 0.05) is 5.56 Å². The van der Waals surface area contributed by atoms with Crippen LogP contribution in [-0.4, -0.2) is 11.2 Å². The van der Waals surface area contributed by atoms with Gasteiger partial charge < -0.3 is 5.11 Å². The number of benzene rings is 2. The van der Waals surface area contributed by atoms with Crippen LogP contribution >= 0.6 is 11.6 Å². The van der Waals surface area contributed by atoms with Gasteiger partial charge in [-0.05, 0) is 23.8 Å². The van der Waals surface area contributed by atoms with Crippen LogP contribution in [0.3, 0.4) is 0 Å². The van der Waals surface area contributed by atoms with Gasteiger partial charge in [-0.25, -0.2) is 0 Å². The van der Waals surface area contributed by atoms with Gasteiger partial charge in [0.05, 0.1) is 5.03 Å². The molecule has 0 saturated heterocycles. The Kier molecular flexibility index (Phi) is 4.80. The van der Waals surface area contributed by atoms with Crippen molar-refractivity contribution in [3.05, 3.63) is 76.8 Å². The van der Waals surface area contributed by atoms with Crippen LogP contribution in [0.15, 0.2) is 65.7 Å². The molecule has 1 atom stereocenters. The van der Waals surface area contributed by atoms with E-state index in [9.17, 15) is 5.11 Å². The first-order chi connectivity index (χ1) is 9.25. The summed E-state index contributed by atoms with van der Waals surface area (Å²) in [5.41, 5.74) is 1.79. The van der Waals surface area contributed by atoms with E-state index >= 15 is 0 Å². The molecule has 94 valence electrons. The van der Waals surface area contributed by atoms with Crippen LogP contribution in [-0.2, 0) is 0 Å². The lowest BCUT2D eigenvalue weighted by molar-refractivity contribution is 0.277. The van der Waals surface area contributed by atoms with Crippen LogP contribution in [0.25, 0.3) is 6.08 Å². The third-order valence-corrected chi connectivity index (χ3v) is 2.81. The second-order valence-corrected chi connectivity index (χ2v) is 4.41. The summed E-state index contributed by atoms with van der Waals surface area (Å²) in [7, 11) is 0. The lowest BCUT2D eigenvalue weighted by Gasteiger charge is -2.01. The van der Waals surface area contributed by atoms with Crippen LogP contribution in [0.5, 0.6) is 0 Å². The van der Waals surface area contributed by atoms with Gasteiger partial charge in [0.25, 0.3) is 0 Å². The molecule has 19 heavy (non-hydrogen) atoms. The first-order valence-electron chi connectivity index (χ1n) is 5.92. The highest BCUT2D eigenvalue weighted by atomic mass is 35.5. The molecular formula is C17H13ClO. The smallest absolute Gasteiger partial charge is 0.151 e. The standard InChI is InChI=1S/C17H13ClO/c18-16(13-15-9-5-2-6-10-15)17(19)12-11-14-7-3-1-4-8-14/h1-10,13,17,19H/b16-13+/t17-/m1/s1. The molecule has 0 unspecified atom stereocenters. The second-order valence-electron chi connectivity index (χ2n) is 3.98. The molecule has 2 rings (SSSR count). The minimum Gasteiger partial charge on any atom is -0.375 e. The van der Waals surface area contributed by atoms with E-state index in [0.717, 1.165) is 11.1 Å². The van der Waals surface area contributed by atoms with Gasteiger partial charge in [-0.2, -0.15) is 0 Å². The third kappa shape index (κ3) is 4.30. The van der Waals surface area contributed by atoms with Gasteiger partial charge in [0.2, 0.25) is 0 Å². The van der Waals surface area contributed by atoms with Crippen molar-refractivity contribution in [2.45, 2.75) is 6.10 Å². The number of rotatable bonds is 2. The molecule has 2 aromatic carbocycles. The van der Waals surface area contributed by atoms with Crippen molar-refractivity contribution < 1.29 is 5.11 Å². The molecule has 0 bridgehead atoms. The van der Waals surface area contributed by atoms with Gasteiger partial charge in [-0.1, -0.05) is 72.0 Å². The van der Waals surface area contributed by atoms with E-state index in [-0.39, 0.29) is 0 Å². The predicted octanol–water partition coefficient (Wildman–Crippen LogP) is 3.68. The van der Waals surface area contributed by atoms with Crippen LogP contribution in [0.1, 0.15) is 11.1 Å². The van der Waals surface area contributed by atoms with Crippen molar-refractivity contribution in [3.8, 4) is 11.8 Å². The Hall–Kier alpha value is -2.01. The molecule has 1 nitrogen and oxygen atoms in total. The van der Waals surface area contributed by atoms with Crippen molar-refractivity contribution >= 4 is 17.7 Å². The minimum absolute atomic E-state index is 0.314. The molecule has 0 saturated carbocycles. The monoisotopic (exact) mass is 268 g/mol. The fraction of sp³-hybridized carbons (Fsp3) is 0.0588. The molecule has 0 aliphatic heterocycles. The fourth-order valence-corrected chi connectivity index (χ4v) is 1.71. The second kappa shape index (κ2) is 6.80.